The number of alkyl halides is 3. The Morgan fingerprint density at radius 1 is 1.00 bits per heavy atom. The first-order valence-electron chi connectivity index (χ1n) is 4.84. The van der Waals surface area contributed by atoms with Gasteiger partial charge in [-0.1, -0.05) is 13.8 Å². The van der Waals surface area contributed by atoms with E-state index in [1.807, 2.05) is 0 Å². The van der Waals surface area contributed by atoms with Gasteiger partial charge in [-0.15, -0.1) is 0 Å². The second kappa shape index (κ2) is 2.23. The van der Waals surface area contributed by atoms with Gasteiger partial charge >= 0.3 is 0 Å². The minimum Gasteiger partial charge on any atom is -0.240 e. The van der Waals surface area contributed by atoms with Crippen molar-refractivity contribution >= 4 is 0 Å². The fraction of sp³-hybridized carbons (Fsp3) is 1.00. The van der Waals surface area contributed by atoms with Crippen LogP contribution in [0.4, 0.5) is 13.2 Å². The maximum Gasteiger partial charge on any atom is 0.284 e. The molecule has 0 aromatic carbocycles. The van der Waals surface area contributed by atoms with Crippen LogP contribution in [0.5, 0.6) is 0 Å². The van der Waals surface area contributed by atoms with Crippen LogP contribution >= 0.6 is 0 Å². The smallest absolute Gasteiger partial charge is 0.240 e. The highest BCUT2D eigenvalue weighted by atomic mass is 19.3. The molecule has 0 radical (unpaired) electrons. The molecule has 2 bridgehead atoms. The fourth-order valence-corrected chi connectivity index (χ4v) is 2.70. The molecule has 0 amide bonds. The molecule has 76 valence electrons. The molecule has 0 heterocycles. The molecule has 3 heteroatoms. The Labute approximate surface area is 76.5 Å². The molecule has 0 spiro atoms. The van der Waals surface area contributed by atoms with E-state index in [4.69, 9.17) is 0 Å². The molecule has 3 saturated carbocycles. The van der Waals surface area contributed by atoms with Crippen LogP contribution in [0.3, 0.4) is 0 Å². The van der Waals surface area contributed by atoms with Crippen molar-refractivity contribution in [2.24, 2.45) is 10.8 Å². The summed E-state index contributed by atoms with van der Waals surface area (Å²) >= 11 is 0. The molecule has 1 atom stereocenters. The third kappa shape index (κ3) is 0.934. The highest BCUT2D eigenvalue weighted by Crippen LogP contribution is 2.64. The maximum absolute atomic E-state index is 13.5. The Balaban J connectivity index is 2.41. The lowest BCUT2D eigenvalue weighted by Crippen LogP contribution is -2.61. The van der Waals surface area contributed by atoms with Gasteiger partial charge in [0, 0.05) is 10.8 Å². The van der Waals surface area contributed by atoms with Gasteiger partial charge in [0.15, 0.2) is 6.17 Å². The minimum atomic E-state index is -3.11. The first kappa shape index (κ1) is 9.35. The van der Waals surface area contributed by atoms with Crippen LogP contribution in [0.2, 0.25) is 0 Å². The number of halogens is 3. The molecule has 3 rings (SSSR count). The summed E-state index contributed by atoms with van der Waals surface area (Å²) in [6.45, 7) is 3.18. The van der Waals surface area contributed by atoms with Gasteiger partial charge in [-0.2, -0.15) is 0 Å². The second-order valence-electron chi connectivity index (χ2n) is 5.20. The predicted molar refractivity (Wildman–Crippen MR) is 44.5 cm³/mol. The summed E-state index contributed by atoms with van der Waals surface area (Å²) in [4.78, 5) is 0. The summed E-state index contributed by atoms with van der Waals surface area (Å²) in [5, 5.41) is 0. The van der Waals surface area contributed by atoms with E-state index in [9.17, 15) is 13.2 Å². The van der Waals surface area contributed by atoms with Gasteiger partial charge in [-0.25, -0.2) is 13.2 Å². The summed E-state index contributed by atoms with van der Waals surface area (Å²) in [6.07, 6.45) is 0.224. The van der Waals surface area contributed by atoms with Crippen molar-refractivity contribution in [1.29, 1.82) is 0 Å². The quantitative estimate of drug-likeness (QED) is 0.550. The van der Waals surface area contributed by atoms with Crippen molar-refractivity contribution in [3.8, 4) is 0 Å². The summed E-state index contributed by atoms with van der Waals surface area (Å²) in [5.74, 6) is -3.11. The Bertz CT molecular complexity index is 226. The monoisotopic (exact) mass is 192 g/mol. The lowest BCUT2D eigenvalue weighted by atomic mass is 9.52. The Kier molecular flexibility index (Phi) is 1.61. The van der Waals surface area contributed by atoms with E-state index in [1.165, 1.54) is 6.92 Å². The topological polar surface area (TPSA) is 0 Å². The van der Waals surface area contributed by atoms with E-state index in [0.29, 0.717) is 25.7 Å². The summed E-state index contributed by atoms with van der Waals surface area (Å²) < 4.78 is 40.6. The zero-order valence-electron chi connectivity index (χ0n) is 8.04. The van der Waals surface area contributed by atoms with Crippen molar-refractivity contribution in [3.05, 3.63) is 0 Å². The van der Waals surface area contributed by atoms with Gasteiger partial charge in [-0.3, -0.25) is 0 Å². The Morgan fingerprint density at radius 3 is 1.85 bits per heavy atom. The molecule has 0 aromatic rings. The van der Waals surface area contributed by atoms with Crippen LogP contribution in [0.15, 0.2) is 0 Å². The Hall–Kier alpha value is -0.210. The van der Waals surface area contributed by atoms with Crippen LogP contribution in [-0.2, 0) is 0 Å². The highest BCUT2D eigenvalue weighted by molar-refractivity contribution is 5.10. The number of hydrogen-bond donors (Lipinski definition) is 0. The molecular weight excluding hydrogens is 177 g/mol. The van der Waals surface area contributed by atoms with E-state index in [-0.39, 0.29) is 0 Å². The number of hydrogen-bond acceptors (Lipinski definition) is 0. The van der Waals surface area contributed by atoms with Crippen LogP contribution in [0.25, 0.3) is 0 Å². The molecule has 0 saturated heterocycles. The van der Waals surface area contributed by atoms with Gasteiger partial charge in [0.1, 0.15) is 0 Å². The zero-order valence-corrected chi connectivity index (χ0v) is 8.04. The van der Waals surface area contributed by atoms with Crippen LogP contribution in [0.1, 0.15) is 39.5 Å². The molecule has 0 aromatic heterocycles. The standard InChI is InChI=1S/C10H15F3/c1-8-3-5-9(2,6-4-8)10(12,13)7(8)11/h7H,3-6H2,1-2H3. The zero-order chi connectivity index (χ0) is 9.91. The largest absolute Gasteiger partial charge is 0.284 e. The summed E-state index contributed by atoms with van der Waals surface area (Å²) in [7, 11) is 0. The van der Waals surface area contributed by atoms with Gasteiger partial charge in [0.2, 0.25) is 0 Å². The van der Waals surface area contributed by atoms with E-state index in [2.05, 4.69) is 0 Å². The number of rotatable bonds is 0. The summed E-state index contributed by atoms with van der Waals surface area (Å²) in [6, 6.07) is 0. The fourth-order valence-electron chi connectivity index (χ4n) is 2.70. The molecule has 1 unspecified atom stereocenters. The lowest BCUT2D eigenvalue weighted by Gasteiger charge is -2.56. The van der Waals surface area contributed by atoms with E-state index >= 15 is 0 Å². The summed E-state index contributed by atoms with van der Waals surface area (Å²) in [5.41, 5.74) is -1.84. The molecule has 0 nitrogen and oxygen atoms in total. The first-order valence-corrected chi connectivity index (χ1v) is 4.84. The molecule has 3 aliphatic rings. The molecule has 3 aliphatic carbocycles. The van der Waals surface area contributed by atoms with Crippen molar-refractivity contribution in [2.45, 2.75) is 51.6 Å². The minimum absolute atomic E-state index is 0.469. The van der Waals surface area contributed by atoms with Crippen LogP contribution in [0, 0.1) is 10.8 Å². The molecule has 0 aliphatic heterocycles. The van der Waals surface area contributed by atoms with E-state index in [0.717, 1.165) is 0 Å². The molecule has 13 heavy (non-hydrogen) atoms. The van der Waals surface area contributed by atoms with Crippen LogP contribution in [-0.4, -0.2) is 12.1 Å². The third-order valence-corrected chi connectivity index (χ3v) is 4.23. The predicted octanol–water partition coefficient (Wildman–Crippen LogP) is 3.56. The average Bonchev–Trinajstić information content (AvgIpc) is 2.07. The SMILES string of the molecule is CC12CCC(C)(CC1)C(F)(F)C2F. The van der Waals surface area contributed by atoms with Crippen molar-refractivity contribution in [2.75, 3.05) is 0 Å². The van der Waals surface area contributed by atoms with E-state index in [1.54, 1.807) is 6.92 Å². The number of fused-ring (bicyclic) bond motifs is 3. The maximum atomic E-state index is 13.5. The van der Waals surface area contributed by atoms with Gasteiger partial charge < -0.3 is 0 Å². The molecule has 0 N–H and O–H groups in total. The average molecular weight is 192 g/mol. The molecular formula is C10H15F3. The highest BCUT2D eigenvalue weighted by Gasteiger charge is 2.68. The Morgan fingerprint density at radius 2 is 1.46 bits per heavy atom. The normalized spacial score (nSPS) is 53.8. The van der Waals surface area contributed by atoms with Crippen molar-refractivity contribution in [3.63, 3.8) is 0 Å². The van der Waals surface area contributed by atoms with Gasteiger partial charge in [0.05, 0.1) is 0 Å². The second-order valence-corrected chi connectivity index (χ2v) is 5.20. The lowest BCUT2D eigenvalue weighted by molar-refractivity contribution is -0.258. The first-order chi connectivity index (χ1) is 5.82. The molecule has 3 fully saturated rings. The third-order valence-electron chi connectivity index (χ3n) is 4.23. The van der Waals surface area contributed by atoms with E-state index < -0.39 is 22.9 Å². The van der Waals surface area contributed by atoms with Gasteiger partial charge in [-0.05, 0) is 25.7 Å². The van der Waals surface area contributed by atoms with Gasteiger partial charge in [0.25, 0.3) is 5.92 Å². The van der Waals surface area contributed by atoms with Crippen molar-refractivity contribution < 1.29 is 13.2 Å². The van der Waals surface area contributed by atoms with Crippen molar-refractivity contribution in [1.82, 2.24) is 0 Å². The van der Waals surface area contributed by atoms with Crippen LogP contribution < -0.4 is 0 Å².